The Hall–Kier alpha value is -0.610. The van der Waals surface area contributed by atoms with Gasteiger partial charge in [0.05, 0.1) is 18.2 Å². The Morgan fingerprint density at radius 2 is 2.25 bits per heavy atom. The Morgan fingerprint density at radius 3 is 2.67 bits per heavy atom. The molecule has 0 radical (unpaired) electrons. The molecule has 0 amide bonds. The quantitative estimate of drug-likeness (QED) is 0.850. The molecule has 0 atom stereocenters. The number of rotatable bonds is 2. The van der Waals surface area contributed by atoms with Crippen LogP contribution in [0, 0.1) is 5.82 Å². The van der Waals surface area contributed by atoms with Crippen molar-refractivity contribution in [3.63, 3.8) is 0 Å². The molecule has 0 unspecified atom stereocenters. The molecule has 0 saturated carbocycles. The minimum absolute atomic E-state index is 0.159. The summed E-state index contributed by atoms with van der Waals surface area (Å²) < 4.78 is 18.3. The molecule has 1 N–H and O–H groups in total. The van der Waals surface area contributed by atoms with Crippen LogP contribution in [0.1, 0.15) is 5.56 Å². The molecule has 1 aromatic rings. The van der Waals surface area contributed by atoms with Crippen LogP contribution in [0.4, 0.5) is 4.39 Å². The van der Waals surface area contributed by atoms with Crippen LogP contribution >= 0.6 is 15.9 Å². The summed E-state index contributed by atoms with van der Waals surface area (Å²) in [6.07, 6.45) is 0. The van der Waals surface area contributed by atoms with Crippen LogP contribution in [-0.4, -0.2) is 12.2 Å². The van der Waals surface area contributed by atoms with E-state index in [1.54, 1.807) is 6.07 Å². The maximum atomic E-state index is 13.0. The van der Waals surface area contributed by atoms with E-state index in [2.05, 4.69) is 15.9 Å². The van der Waals surface area contributed by atoms with Gasteiger partial charge in [0.2, 0.25) is 0 Å². The first-order chi connectivity index (χ1) is 5.69. The summed E-state index contributed by atoms with van der Waals surface area (Å²) in [6, 6.07) is 2.85. The third-order valence-corrected chi connectivity index (χ3v) is 2.03. The van der Waals surface area contributed by atoms with Gasteiger partial charge in [0, 0.05) is 0 Å². The average molecular weight is 235 g/mol. The van der Waals surface area contributed by atoms with Gasteiger partial charge in [0.25, 0.3) is 0 Å². The highest BCUT2D eigenvalue weighted by Crippen LogP contribution is 2.29. The topological polar surface area (TPSA) is 29.5 Å². The summed E-state index contributed by atoms with van der Waals surface area (Å²) in [7, 11) is 1.39. The smallest absolute Gasteiger partial charge is 0.168 e. The zero-order valence-electron chi connectivity index (χ0n) is 6.47. The Bertz CT molecular complexity index is 265. The Labute approximate surface area is 78.1 Å². The molecule has 0 fully saturated rings. The minimum atomic E-state index is -0.476. The van der Waals surface area contributed by atoms with E-state index in [1.807, 2.05) is 0 Å². The first-order valence-corrected chi connectivity index (χ1v) is 4.11. The number of ether oxygens (including phenoxy) is 1. The van der Waals surface area contributed by atoms with Gasteiger partial charge in [0.15, 0.2) is 11.6 Å². The zero-order chi connectivity index (χ0) is 9.14. The van der Waals surface area contributed by atoms with Gasteiger partial charge in [-0.15, -0.1) is 0 Å². The standard InChI is InChI=1S/C8H8BrFO2/c1-12-8-6(9)2-5(4-11)3-7(8)10/h2-3,11H,4H2,1H3. The zero-order valence-corrected chi connectivity index (χ0v) is 8.06. The highest BCUT2D eigenvalue weighted by molar-refractivity contribution is 9.10. The van der Waals surface area contributed by atoms with Crippen LogP contribution in [-0.2, 0) is 6.61 Å². The summed E-state index contributed by atoms with van der Waals surface area (Å²) in [5.41, 5.74) is 0.514. The van der Waals surface area contributed by atoms with Crippen molar-refractivity contribution in [1.82, 2.24) is 0 Å². The lowest BCUT2D eigenvalue weighted by Crippen LogP contribution is -1.92. The number of benzene rings is 1. The van der Waals surface area contributed by atoms with E-state index in [-0.39, 0.29) is 12.4 Å². The van der Waals surface area contributed by atoms with E-state index >= 15 is 0 Å². The van der Waals surface area contributed by atoms with Crippen molar-refractivity contribution in [1.29, 1.82) is 0 Å². The predicted molar refractivity (Wildman–Crippen MR) is 46.6 cm³/mol. The van der Waals surface area contributed by atoms with Crippen LogP contribution in [0.25, 0.3) is 0 Å². The lowest BCUT2D eigenvalue weighted by molar-refractivity contribution is 0.280. The number of aliphatic hydroxyl groups is 1. The highest BCUT2D eigenvalue weighted by atomic mass is 79.9. The fraction of sp³-hybridized carbons (Fsp3) is 0.250. The molecule has 0 aliphatic heterocycles. The van der Waals surface area contributed by atoms with Crippen molar-refractivity contribution in [3.8, 4) is 5.75 Å². The Kier molecular flexibility index (Phi) is 3.05. The summed E-state index contributed by atoms with van der Waals surface area (Å²) in [4.78, 5) is 0. The third-order valence-electron chi connectivity index (χ3n) is 1.44. The van der Waals surface area contributed by atoms with Crippen LogP contribution in [0.5, 0.6) is 5.75 Å². The van der Waals surface area contributed by atoms with Gasteiger partial charge in [-0.3, -0.25) is 0 Å². The number of hydrogen-bond donors (Lipinski definition) is 1. The highest BCUT2D eigenvalue weighted by Gasteiger charge is 2.08. The number of hydrogen-bond acceptors (Lipinski definition) is 2. The largest absolute Gasteiger partial charge is 0.492 e. The van der Waals surface area contributed by atoms with E-state index in [4.69, 9.17) is 9.84 Å². The molecule has 1 aromatic carbocycles. The SMILES string of the molecule is COc1c(F)cc(CO)cc1Br. The van der Waals surface area contributed by atoms with Crippen LogP contribution < -0.4 is 4.74 Å². The van der Waals surface area contributed by atoms with Gasteiger partial charge in [-0.25, -0.2) is 4.39 Å². The average Bonchev–Trinajstić information content (AvgIpc) is 2.03. The van der Waals surface area contributed by atoms with Gasteiger partial charge in [-0.1, -0.05) is 0 Å². The summed E-state index contributed by atoms with van der Waals surface area (Å²) in [5.74, 6) is -0.317. The lowest BCUT2D eigenvalue weighted by Gasteiger charge is -2.05. The van der Waals surface area contributed by atoms with E-state index in [0.717, 1.165) is 0 Å². The number of methoxy groups -OCH3 is 1. The molecule has 4 heteroatoms. The van der Waals surface area contributed by atoms with Crippen molar-refractivity contribution in [2.75, 3.05) is 7.11 Å². The van der Waals surface area contributed by atoms with E-state index in [1.165, 1.54) is 13.2 Å². The van der Waals surface area contributed by atoms with Crippen LogP contribution in [0.15, 0.2) is 16.6 Å². The van der Waals surface area contributed by atoms with Crippen molar-refractivity contribution in [3.05, 3.63) is 28.0 Å². The molecule has 0 saturated heterocycles. The molecule has 0 bridgehead atoms. The molecule has 66 valence electrons. The van der Waals surface area contributed by atoms with E-state index in [9.17, 15) is 4.39 Å². The maximum Gasteiger partial charge on any atom is 0.168 e. The second-order valence-corrected chi connectivity index (χ2v) is 3.11. The van der Waals surface area contributed by atoms with Gasteiger partial charge in [0.1, 0.15) is 0 Å². The molecular weight excluding hydrogens is 227 g/mol. The molecule has 2 nitrogen and oxygen atoms in total. The van der Waals surface area contributed by atoms with Gasteiger partial charge >= 0.3 is 0 Å². The molecular formula is C8H8BrFO2. The van der Waals surface area contributed by atoms with Crippen molar-refractivity contribution >= 4 is 15.9 Å². The molecule has 0 spiro atoms. The number of aliphatic hydroxyl groups excluding tert-OH is 1. The predicted octanol–water partition coefficient (Wildman–Crippen LogP) is 2.09. The lowest BCUT2D eigenvalue weighted by atomic mass is 10.2. The van der Waals surface area contributed by atoms with Crippen molar-refractivity contribution < 1.29 is 14.2 Å². The van der Waals surface area contributed by atoms with Gasteiger partial charge in [-0.05, 0) is 33.6 Å². The maximum absolute atomic E-state index is 13.0. The Morgan fingerprint density at radius 1 is 1.58 bits per heavy atom. The summed E-state index contributed by atoms with van der Waals surface area (Å²) >= 11 is 3.12. The molecule has 1 rings (SSSR count). The van der Waals surface area contributed by atoms with E-state index < -0.39 is 5.82 Å². The van der Waals surface area contributed by atoms with Crippen molar-refractivity contribution in [2.45, 2.75) is 6.61 Å². The fourth-order valence-corrected chi connectivity index (χ4v) is 1.54. The minimum Gasteiger partial charge on any atom is -0.492 e. The monoisotopic (exact) mass is 234 g/mol. The normalized spacial score (nSPS) is 10.0. The molecule has 0 aromatic heterocycles. The van der Waals surface area contributed by atoms with E-state index in [0.29, 0.717) is 10.0 Å². The van der Waals surface area contributed by atoms with Gasteiger partial charge in [-0.2, -0.15) is 0 Å². The third kappa shape index (κ3) is 1.76. The number of halogens is 2. The second kappa shape index (κ2) is 3.87. The molecule has 0 heterocycles. The van der Waals surface area contributed by atoms with Crippen molar-refractivity contribution in [2.24, 2.45) is 0 Å². The Balaban J connectivity index is 3.18. The van der Waals surface area contributed by atoms with Gasteiger partial charge < -0.3 is 9.84 Å². The van der Waals surface area contributed by atoms with Crippen LogP contribution in [0.2, 0.25) is 0 Å². The second-order valence-electron chi connectivity index (χ2n) is 2.25. The molecule has 12 heavy (non-hydrogen) atoms. The first kappa shape index (κ1) is 9.48. The fourth-order valence-electron chi connectivity index (χ4n) is 0.899. The summed E-state index contributed by atoms with van der Waals surface area (Å²) in [6.45, 7) is -0.181. The molecule has 0 aliphatic rings. The summed E-state index contributed by atoms with van der Waals surface area (Å²) in [5, 5.41) is 8.72. The first-order valence-electron chi connectivity index (χ1n) is 3.31. The van der Waals surface area contributed by atoms with Crippen LogP contribution in [0.3, 0.4) is 0 Å². The molecule has 0 aliphatic carbocycles.